The molecular formula is C14H21NO2. The smallest absolute Gasteiger partial charge is 0.0950 e. The molecule has 3 heteroatoms. The van der Waals surface area contributed by atoms with Gasteiger partial charge in [-0.25, -0.2) is 0 Å². The first-order chi connectivity index (χ1) is 8.29. The van der Waals surface area contributed by atoms with E-state index in [-0.39, 0.29) is 6.10 Å². The Bertz CT molecular complexity index is 331. The Balaban J connectivity index is 1.97. The lowest BCUT2D eigenvalue weighted by molar-refractivity contribution is -0.0665. The molecule has 2 rings (SSSR count). The van der Waals surface area contributed by atoms with Gasteiger partial charge in [0.15, 0.2) is 0 Å². The van der Waals surface area contributed by atoms with Crippen LogP contribution in [0.25, 0.3) is 0 Å². The highest BCUT2D eigenvalue weighted by molar-refractivity contribution is 5.23. The average molecular weight is 235 g/mol. The number of benzene rings is 1. The Kier molecular flexibility index (Phi) is 4.54. The second kappa shape index (κ2) is 6.15. The summed E-state index contributed by atoms with van der Waals surface area (Å²) in [5.74, 6) is 0. The van der Waals surface area contributed by atoms with Crippen molar-refractivity contribution in [2.24, 2.45) is 5.73 Å². The van der Waals surface area contributed by atoms with Crippen molar-refractivity contribution >= 4 is 0 Å². The molecule has 0 bridgehead atoms. The van der Waals surface area contributed by atoms with Crippen LogP contribution >= 0.6 is 0 Å². The van der Waals surface area contributed by atoms with Gasteiger partial charge < -0.3 is 15.2 Å². The second-order valence-corrected chi connectivity index (χ2v) is 4.58. The summed E-state index contributed by atoms with van der Waals surface area (Å²) in [5, 5.41) is 0. The lowest BCUT2D eigenvalue weighted by Gasteiger charge is -2.27. The normalized spacial score (nSPS) is 19.2. The molecule has 1 saturated heterocycles. The zero-order valence-electron chi connectivity index (χ0n) is 10.4. The molecule has 17 heavy (non-hydrogen) atoms. The van der Waals surface area contributed by atoms with Gasteiger partial charge in [0, 0.05) is 19.8 Å². The quantitative estimate of drug-likeness (QED) is 0.870. The third-order valence-electron chi connectivity index (χ3n) is 3.19. The number of aryl methyl sites for hydroxylation is 1. The molecule has 1 aliphatic rings. The van der Waals surface area contributed by atoms with Crippen LogP contribution in [-0.4, -0.2) is 25.9 Å². The van der Waals surface area contributed by atoms with E-state index >= 15 is 0 Å². The summed E-state index contributed by atoms with van der Waals surface area (Å²) in [4.78, 5) is 0. The van der Waals surface area contributed by atoms with Gasteiger partial charge in [-0.1, -0.05) is 29.8 Å². The zero-order valence-corrected chi connectivity index (χ0v) is 10.4. The lowest BCUT2D eigenvalue weighted by Crippen LogP contribution is -2.28. The van der Waals surface area contributed by atoms with Crippen LogP contribution in [0.1, 0.15) is 30.1 Å². The first-order valence-electron chi connectivity index (χ1n) is 6.29. The highest BCUT2D eigenvalue weighted by Crippen LogP contribution is 2.22. The fourth-order valence-electron chi connectivity index (χ4n) is 2.10. The maximum Gasteiger partial charge on any atom is 0.0950 e. The van der Waals surface area contributed by atoms with Crippen molar-refractivity contribution in [3.8, 4) is 0 Å². The molecule has 94 valence electrons. The van der Waals surface area contributed by atoms with Crippen molar-refractivity contribution in [3.63, 3.8) is 0 Å². The van der Waals surface area contributed by atoms with Crippen molar-refractivity contribution in [3.05, 3.63) is 35.4 Å². The zero-order chi connectivity index (χ0) is 12.1. The van der Waals surface area contributed by atoms with Gasteiger partial charge in [0.1, 0.15) is 0 Å². The van der Waals surface area contributed by atoms with E-state index in [1.165, 1.54) is 11.1 Å². The van der Waals surface area contributed by atoms with Crippen LogP contribution in [0, 0.1) is 6.92 Å². The van der Waals surface area contributed by atoms with E-state index in [4.69, 9.17) is 15.2 Å². The van der Waals surface area contributed by atoms with E-state index in [2.05, 4.69) is 31.2 Å². The molecule has 0 spiro atoms. The monoisotopic (exact) mass is 235 g/mol. The number of hydrogen-bond donors (Lipinski definition) is 1. The van der Waals surface area contributed by atoms with Gasteiger partial charge in [0.05, 0.1) is 12.2 Å². The van der Waals surface area contributed by atoms with Gasteiger partial charge in [0.25, 0.3) is 0 Å². The number of rotatable bonds is 4. The average Bonchev–Trinajstić information content (AvgIpc) is 2.38. The van der Waals surface area contributed by atoms with Crippen molar-refractivity contribution in [1.82, 2.24) is 0 Å². The van der Waals surface area contributed by atoms with Gasteiger partial charge >= 0.3 is 0 Å². The maximum atomic E-state index is 6.06. The minimum absolute atomic E-state index is 0.0127. The van der Waals surface area contributed by atoms with Gasteiger partial charge in [-0.15, -0.1) is 0 Å². The fraction of sp³-hybridized carbons (Fsp3) is 0.571. The van der Waals surface area contributed by atoms with Gasteiger partial charge in [-0.2, -0.15) is 0 Å². The third kappa shape index (κ3) is 3.53. The van der Waals surface area contributed by atoms with Crippen molar-refractivity contribution in [2.45, 2.75) is 32.0 Å². The molecule has 0 amide bonds. The predicted molar refractivity (Wildman–Crippen MR) is 67.9 cm³/mol. The summed E-state index contributed by atoms with van der Waals surface area (Å²) in [5.41, 5.74) is 8.23. The molecule has 3 nitrogen and oxygen atoms in total. The molecule has 1 fully saturated rings. The highest BCUT2D eigenvalue weighted by atomic mass is 16.5. The number of hydrogen-bond acceptors (Lipinski definition) is 3. The standard InChI is InChI=1S/C14H21NO2/c1-11-2-4-12(5-3-11)14(10-15)17-13-6-8-16-9-7-13/h2-5,13-14H,6-10,15H2,1H3. The first-order valence-corrected chi connectivity index (χ1v) is 6.29. The van der Waals surface area contributed by atoms with E-state index < -0.39 is 0 Å². The minimum atomic E-state index is 0.0127. The summed E-state index contributed by atoms with van der Waals surface area (Å²) in [6.45, 7) is 4.21. The van der Waals surface area contributed by atoms with Crippen LogP contribution in [0.4, 0.5) is 0 Å². The molecule has 0 saturated carbocycles. The maximum absolute atomic E-state index is 6.06. The molecule has 0 aromatic heterocycles. The summed E-state index contributed by atoms with van der Waals surface area (Å²) in [7, 11) is 0. The Morgan fingerprint density at radius 3 is 2.53 bits per heavy atom. The van der Waals surface area contributed by atoms with Crippen LogP contribution in [0.3, 0.4) is 0 Å². The molecule has 0 radical (unpaired) electrons. The fourth-order valence-corrected chi connectivity index (χ4v) is 2.10. The predicted octanol–water partition coefficient (Wildman–Crippen LogP) is 2.19. The van der Waals surface area contributed by atoms with Gasteiger partial charge in [-0.05, 0) is 25.3 Å². The van der Waals surface area contributed by atoms with Gasteiger partial charge in [-0.3, -0.25) is 0 Å². The van der Waals surface area contributed by atoms with E-state index in [1.54, 1.807) is 0 Å². The summed E-state index contributed by atoms with van der Waals surface area (Å²) in [6.07, 6.45) is 2.25. The highest BCUT2D eigenvalue weighted by Gasteiger charge is 2.19. The first kappa shape index (κ1) is 12.6. The van der Waals surface area contributed by atoms with E-state index in [9.17, 15) is 0 Å². The van der Waals surface area contributed by atoms with Crippen molar-refractivity contribution in [2.75, 3.05) is 19.8 Å². The number of nitrogens with two attached hydrogens (primary N) is 1. The summed E-state index contributed by atoms with van der Waals surface area (Å²) >= 11 is 0. The lowest BCUT2D eigenvalue weighted by atomic mass is 10.1. The van der Waals surface area contributed by atoms with Crippen LogP contribution in [0.5, 0.6) is 0 Å². The van der Waals surface area contributed by atoms with Crippen LogP contribution in [0.2, 0.25) is 0 Å². The second-order valence-electron chi connectivity index (χ2n) is 4.58. The molecule has 1 unspecified atom stereocenters. The Labute approximate surface area is 103 Å². The van der Waals surface area contributed by atoms with E-state index in [0.29, 0.717) is 12.6 Å². The Morgan fingerprint density at radius 1 is 1.29 bits per heavy atom. The summed E-state index contributed by atoms with van der Waals surface area (Å²) in [6, 6.07) is 8.41. The molecular weight excluding hydrogens is 214 g/mol. The SMILES string of the molecule is Cc1ccc(C(CN)OC2CCOCC2)cc1. The molecule has 1 aromatic rings. The topological polar surface area (TPSA) is 44.5 Å². The van der Waals surface area contributed by atoms with E-state index in [1.807, 2.05) is 0 Å². The van der Waals surface area contributed by atoms with Crippen LogP contribution in [0.15, 0.2) is 24.3 Å². The Morgan fingerprint density at radius 2 is 1.94 bits per heavy atom. The largest absolute Gasteiger partial charge is 0.381 e. The minimum Gasteiger partial charge on any atom is -0.381 e. The van der Waals surface area contributed by atoms with Crippen molar-refractivity contribution in [1.29, 1.82) is 0 Å². The summed E-state index contributed by atoms with van der Waals surface area (Å²) < 4.78 is 11.4. The third-order valence-corrected chi connectivity index (χ3v) is 3.19. The molecule has 1 aliphatic heterocycles. The van der Waals surface area contributed by atoms with E-state index in [0.717, 1.165) is 26.1 Å². The number of ether oxygens (including phenoxy) is 2. The van der Waals surface area contributed by atoms with Crippen LogP contribution < -0.4 is 5.73 Å². The Hall–Kier alpha value is -0.900. The van der Waals surface area contributed by atoms with Gasteiger partial charge in [0.2, 0.25) is 0 Å². The molecule has 0 aliphatic carbocycles. The molecule has 1 atom stereocenters. The molecule has 1 aromatic carbocycles. The van der Waals surface area contributed by atoms with Crippen LogP contribution in [-0.2, 0) is 9.47 Å². The molecule has 2 N–H and O–H groups in total. The molecule has 1 heterocycles. The van der Waals surface area contributed by atoms with Crippen molar-refractivity contribution < 1.29 is 9.47 Å².